The highest BCUT2D eigenvalue weighted by molar-refractivity contribution is 7.89. The number of methoxy groups -OCH3 is 1. The maximum absolute atomic E-state index is 12.5. The van der Waals surface area contributed by atoms with Crippen molar-refractivity contribution in [2.45, 2.75) is 17.5 Å². The summed E-state index contributed by atoms with van der Waals surface area (Å²) in [5.74, 6) is -0.00484. The van der Waals surface area contributed by atoms with E-state index >= 15 is 0 Å². The summed E-state index contributed by atoms with van der Waals surface area (Å²) in [6, 6.07) is 13.8. The predicted molar refractivity (Wildman–Crippen MR) is 97.1 cm³/mol. The summed E-state index contributed by atoms with van der Waals surface area (Å²) in [6.45, 7) is -0.339. The number of sulfonamides is 1. The Balaban J connectivity index is 2.09. The molecule has 2 aromatic carbocycles. The molecule has 0 bridgehead atoms. The number of likely N-dealkylation sites (N-methyl/N-ethyl adjacent to an activating group) is 1. The molecule has 0 aliphatic rings. The maximum atomic E-state index is 12.5. The van der Waals surface area contributed by atoms with Gasteiger partial charge in [-0.25, -0.2) is 8.42 Å². The number of benzene rings is 2. The number of carbonyl (C=O) groups is 1. The maximum Gasteiger partial charge on any atom is 0.243 e. The van der Waals surface area contributed by atoms with Crippen molar-refractivity contribution in [3.63, 3.8) is 0 Å². The molecule has 0 saturated heterocycles. The van der Waals surface area contributed by atoms with Gasteiger partial charge in [-0.1, -0.05) is 30.3 Å². The Bertz CT molecular complexity index is 822. The third kappa shape index (κ3) is 5.04. The standard InChI is InChI=1S/C18H22N2O5S/c1-20(12-14-6-4-3-5-7-14)18(22)17(13-21)19-26(23,24)16-10-8-15(25-2)9-11-16/h3-11,17,19,21H,12-13H2,1-2H3/t17-/m0/s1. The van der Waals surface area contributed by atoms with Crippen LogP contribution < -0.4 is 9.46 Å². The molecule has 7 nitrogen and oxygen atoms in total. The molecule has 0 unspecified atom stereocenters. The highest BCUT2D eigenvalue weighted by Gasteiger charge is 2.27. The van der Waals surface area contributed by atoms with Gasteiger partial charge in [0.2, 0.25) is 15.9 Å². The zero-order valence-corrected chi connectivity index (χ0v) is 15.4. The van der Waals surface area contributed by atoms with Gasteiger partial charge in [0.15, 0.2) is 0 Å². The molecule has 140 valence electrons. The third-order valence-electron chi connectivity index (χ3n) is 3.79. The minimum Gasteiger partial charge on any atom is -0.497 e. The van der Waals surface area contributed by atoms with Crippen molar-refractivity contribution >= 4 is 15.9 Å². The molecule has 0 spiro atoms. The molecule has 0 aliphatic heterocycles. The van der Waals surface area contributed by atoms with Crippen molar-refractivity contribution in [2.75, 3.05) is 20.8 Å². The van der Waals surface area contributed by atoms with E-state index in [1.807, 2.05) is 30.3 Å². The normalized spacial score (nSPS) is 12.4. The van der Waals surface area contributed by atoms with Gasteiger partial charge in [0.05, 0.1) is 18.6 Å². The van der Waals surface area contributed by atoms with Crippen molar-refractivity contribution < 1.29 is 23.1 Å². The average molecular weight is 378 g/mol. The lowest BCUT2D eigenvalue weighted by Gasteiger charge is -2.23. The number of nitrogens with one attached hydrogen (secondary N) is 1. The lowest BCUT2D eigenvalue weighted by Crippen LogP contribution is -2.49. The van der Waals surface area contributed by atoms with Crippen LogP contribution in [0.25, 0.3) is 0 Å². The second-order valence-electron chi connectivity index (χ2n) is 5.71. The van der Waals surface area contributed by atoms with Crippen molar-refractivity contribution in [2.24, 2.45) is 0 Å². The molecule has 2 aromatic rings. The highest BCUT2D eigenvalue weighted by atomic mass is 32.2. The topological polar surface area (TPSA) is 95.9 Å². The van der Waals surface area contributed by atoms with E-state index in [-0.39, 0.29) is 4.90 Å². The Morgan fingerprint density at radius 1 is 1.15 bits per heavy atom. The lowest BCUT2D eigenvalue weighted by atomic mass is 10.2. The van der Waals surface area contributed by atoms with Crippen LogP contribution in [0.1, 0.15) is 5.56 Å². The first kappa shape index (κ1) is 19.9. The molecule has 0 fully saturated rings. The number of carbonyl (C=O) groups excluding carboxylic acids is 1. The molecule has 0 saturated carbocycles. The SMILES string of the molecule is COc1ccc(S(=O)(=O)N[C@@H](CO)C(=O)N(C)Cc2ccccc2)cc1. The van der Waals surface area contributed by atoms with Gasteiger partial charge >= 0.3 is 0 Å². The highest BCUT2D eigenvalue weighted by Crippen LogP contribution is 2.16. The van der Waals surface area contributed by atoms with Gasteiger partial charge in [-0.15, -0.1) is 0 Å². The monoisotopic (exact) mass is 378 g/mol. The van der Waals surface area contributed by atoms with E-state index < -0.39 is 28.6 Å². The first-order valence-electron chi connectivity index (χ1n) is 7.93. The van der Waals surface area contributed by atoms with Gasteiger partial charge < -0.3 is 14.7 Å². The molecule has 0 aromatic heterocycles. The van der Waals surface area contributed by atoms with Gasteiger partial charge in [0.25, 0.3) is 0 Å². The zero-order valence-electron chi connectivity index (χ0n) is 14.6. The number of amides is 1. The molecule has 26 heavy (non-hydrogen) atoms. The Labute approximate surface area is 153 Å². The molecule has 2 rings (SSSR count). The van der Waals surface area contributed by atoms with E-state index in [0.29, 0.717) is 12.3 Å². The summed E-state index contributed by atoms with van der Waals surface area (Å²) in [7, 11) is -0.929. The number of nitrogens with zero attached hydrogens (tertiary/aromatic N) is 1. The smallest absolute Gasteiger partial charge is 0.243 e. The summed E-state index contributed by atoms with van der Waals surface area (Å²) < 4.78 is 32.2. The minimum absolute atomic E-state index is 0.0183. The van der Waals surface area contributed by atoms with Crippen molar-refractivity contribution in [1.82, 2.24) is 9.62 Å². The van der Waals surface area contributed by atoms with Crippen molar-refractivity contribution in [3.8, 4) is 5.75 Å². The van der Waals surface area contributed by atoms with E-state index in [0.717, 1.165) is 5.56 Å². The van der Waals surface area contributed by atoms with Crippen LogP contribution >= 0.6 is 0 Å². The Morgan fingerprint density at radius 2 is 1.77 bits per heavy atom. The second-order valence-corrected chi connectivity index (χ2v) is 7.43. The van der Waals surface area contributed by atoms with Crippen molar-refractivity contribution in [3.05, 3.63) is 60.2 Å². The summed E-state index contributed by atoms with van der Waals surface area (Å²) >= 11 is 0. The largest absolute Gasteiger partial charge is 0.497 e. The summed E-state index contributed by atoms with van der Waals surface area (Å²) in [4.78, 5) is 13.9. The van der Waals surface area contributed by atoms with E-state index in [9.17, 15) is 18.3 Å². The minimum atomic E-state index is -3.96. The first-order chi connectivity index (χ1) is 12.4. The van der Waals surface area contributed by atoms with Crippen LogP contribution in [0, 0.1) is 0 Å². The van der Waals surface area contributed by atoms with Gasteiger partial charge in [-0.2, -0.15) is 4.72 Å². The molecule has 2 N–H and O–H groups in total. The Hall–Kier alpha value is -2.42. The van der Waals surface area contributed by atoms with E-state index in [1.54, 1.807) is 7.05 Å². The van der Waals surface area contributed by atoms with E-state index in [1.165, 1.54) is 36.3 Å². The summed E-state index contributed by atoms with van der Waals surface area (Å²) in [5.41, 5.74) is 0.901. The third-order valence-corrected chi connectivity index (χ3v) is 5.27. The Morgan fingerprint density at radius 3 is 2.31 bits per heavy atom. The van der Waals surface area contributed by atoms with Crippen LogP contribution in [0.2, 0.25) is 0 Å². The molecule has 0 heterocycles. The van der Waals surface area contributed by atoms with Crippen LogP contribution in [-0.2, 0) is 21.4 Å². The number of hydrogen-bond acceptors (Lipinski definition) is 5. The van der Waals surface area contributed by atoms with Crippen LogP contribution in [0.3, 0.4) is 0 Å². The van der Waals surface area contributed by atoms with E-state index in [4.69, 9.17) is 4.74 Å². The van der Waals surface area contributed by atoms with Gasteiger partial charge in [0, 0.05) is 13.6 Å². The van der Waals surface area contributed by atoms with Crippen LogP contribution in [0.5, 0.6) is 5.75 Å². The fraction of sp³-hybridized carbons (Fsp3) is 0.278. The fourth-order valence-electron chi connectivity index (χ4n) is 2.38. The molecule has 8 heteroatoms. The number of ether oxygens (including phenoxy) is 1. The molecule has 1 amide bonds. The summed E-state index contributed by atoms with van der Waals surface area (Å²) in [5, 5.41) is 9.51. The molecular weight excluding hydrogens is 356 g/mol. The quantitative estimate of drug-likeness (QED) is 0.714. The number of hydrogen-bond donors (Lipinski definition) is 2. The predicted octanol–water partition coefficient (Wildman–Crippen LogP) is 0.993. The zero-order chi connectivity index (χ0) is 19.2. The molecular formula is C18H22N2O5S. The van der Waals surface area contributed by atoms with Crippen LogP contribution in [0.4, 0.5) is 0 Å². The second kappa shape index (κ2) is 8.79. The Kier molecular flexibility index (Phi) is 6.73. The molecule has 1 atom stereocenters. The average Bonchev–Trinajstić information content (AvgIpc) is 2.66. The molecule has 0 aliphatic carbocycles. The van der Waals surface area contributed by atoms with Crippen LogP contribution in [0.15, 0.2) is 59.5 Å². The van der Waals surface area contributed by atoms with E-state index in [2.05, 4.69) is 4.72 Å². The lowest BCUT2D eigenvalue weighted by molar-refractivity contribution is -0.133. The summed E-state index contributed by atoms with van der Waals surface area (Å²) in [6.07, 6.45) is 0. The fourth-order valence-corrected chi connectivity index (χ4v) is 3.56. The number of aliphatic hydroxyl groups excluding tert-OH is 1. The first-order valence-corrected chi connectivity index (χ1v) is 9.42. The number of rotatable bonds is 8. The number of aliphatic hydroxyl groups is 1. The van der Waals surface area contributed by atoms with Crippen LogP contribution in [-0.4, -0.2) is 51.1 Å². The molecule has 0 radical (unpaired) electrons. The van der Waals surface area contributed by atoms with Crippen molar-refractivity contribution in [1.29, 1.82) is 0 Å². The van der Waals surface area contributed by atoms with Gasteiger partial charge in [-0.3, -0.25) is 4.79 Å². The van der Waals surface area contributed by atoms with Gasteiger partial charge in [-0.05, 0) is 29.8 Å². The van der Waals surface area contributed by atoms with Gasteiger partial charge in [0.1, 0.15) is 11.8 Å².